The Kier molecular flexibility index (Phi) is 5.95. The summed E-state index contributed by atoms with van der Waals surface area (Å²) < 4.78 is 5.26. The van der Waals surface area contributed by atoms with Gasteiger partial charge in [0.2, 0.25) is 0 Å². The fraction of sp³-hybridized carbons (Fsp3) is 0.467. The van der Waals surface area contributed by atoms with Crippen LogP contribution in [0.2, 0.25) is 0 Å². The van der Waals surface area contributed by atoms with Crippen molar-refractivity contribution >= 4 is 29.1 Å². The molecule has 0 unspecified atom stereocenters. The minimum absolute atomic E-state index is 0.154. The minimum atomic E-state index is -0.330. The highest BCUT2D eigenvalue weighted by Gasteiger charge is 2.12. The molecule has 2 rings (SSSR count). The Morgan fingerprint density at radius 2 is 2.00 bits per heavy atom. The monoisotopic (exact) mass is 353 g/mol. The third-order valence-corrected chi connectivity index (χ3v) is 4.96. The zero-order valence-corrected chi connectivity index (χ0v) is 15.2. The normalized spacial score (nSPS) is 10.8. The van der Waals surface area contributed by atoms with Crippen LogP contribution in [0.3, 0.4) is 0 Å². The molecular weight excluding hydrogens is 334 g/mol. The molecule has 8 heteroatoms. The van der Waals surface area contributed by atoms with E-state index < -0.39 is 0 Å². The van der Waals surface area contributed by atoms with Gasteiger partial charge in [-0.15, -0.1) is 11.3 Å². The summed E-state index contributed by atoms with van der Waals surface area (Å²) in [6.07, 6.45) is 2.32. The Labute approximate surface area is 142 Å². The van der Waals surface area contributed by atoms with Gasteiger partial charge in [0, 0.05) is 17.7 Å². The first-order chi connectivity index (χ1) is 10.9. The number of ether oxygens (including phenoxy) is 1. The molecule has 0 aromatic carbocycles. The molecule has 2 heterocycles. The molecule has 0 saturated carbocycles. The van der Waals surface area contributed by atoms with Gasteiger partial charge in [0.1, 0.15) is 6.61 Å². The first kappa shape index (κ1) is 17.7. The first-order valence-electron chi connectivity index (χ1n) is 7.13. The maximum atomic E-state index is 12.0. The second-order valence-corrected chi connectivity index (χ2v) is 7.12. The standard InChI is InChI=1S/C15H19N3O3S2/c1-8-11(14(20)18-15(17-8)22-4)5-6-13(19)21-7-12-9(2)16-10(3)23-12/h5-7H2,1-4H3,(H,17,18,20). The molecule has 2 aromatic heterocycles. The van der Waals surface area contributed by atoms with E-state index in [1.165, 1.54) is 23.1 Å². The summed E-state index contributed by atoms with van der Waals surface area (Å²) >= 11 is 2.90. The number of carbonyl (C=O) groups is 1. The van der Waals surface area contributed by atoms with Crippen LogP contribution in [-0.2, 0) is 22.6 Å². The van der Waals surface area contributed by atoms with Crippen LogP contribution in [0.1, 0.15) is 33.3 Å². The number of nitrogens with one attached hydrogen (secondary N) is 1. The van der Waals surface area contributed by atoms with E-state index >= 15 is 0 Å². The maximum absolute atomic E-state index is 12.0. The lowest BCUT2D eigenvalue weighted by Gasteiger charge is -2.06. The van der Waals surface area contributed by atoms with E-state index in [4.69, 9.17) is 4.74 Å². The lowest BCUT2D eigenvalue weighted by Crippen LogP contribution is -2.18. The van der Waals surface area contributed by atoms with Crippen LogP contribution >= 0.6 is 23.1 Å². The number of carbonyl (C=O) groups excluding carboxylic acids is 1. The third-order valence-electron chi connectivity index (χ3n) is 3.34. The van der Waals surface area contributed by atoms with Crippen molar-refractivity contribution in [2.45, 2.75) is 45.4 Å². The van der Waals surface area contributed by atoms with Crippen molar-refractivity contribution in [3.05, 3.63) is 37.2 Å². The van der Waals surface area contributed by atoms with Gasteiger partial charge in [0.25, 0.3) is 5.56 Å². The summed E-state index contributed by atoms with van der Waals surface area (Å²) in [5.74, 6) is -0.330. The van der Waals surface area contributed by atoms with Gasteiger partial charge in [-0.05, 0) is 33.4 Å². The Morgan fingerprint density at radius 3 is 2.57 bits per heavy atom. The Morgan fingerprint density at radius 1 is 1.26 bits per heavy atom. The number of thioether (sulfide) groups is 1. The van der Waals surface area contributed by atoms with E-state index in [1.54, 1.807) is 6.92 Å². The van der Waals surface area contributed by atoms with Crippen molar-refractivity contribution in [3.63, 3.8) is 0 Å². The number of aryl methyl sites for hydroxylation is 3. The lowest BCUT2D eigenvalue weighted by molar-refractivity contribution is -0.144. The molecule has 0 saturated heterocycles. The van der Waals surface area contributed by atoms with Crippen molar-refractivity contribution in [1.29, 1.82) is 0 Å². The van der Waals surface area contributed by atoms with Crippen LogP contribution in [0, 0.1) is 20.8 Å². The average Bonchev–Trinajstić information content (AvgIpc) is 2.81. The Bertz CT molecular complexity index is 768. The van der Waals surface area contributed by atoms with Crippen LogP contribution in [0.25, 0.3) is 0 Å². The van der Waals surface area contributed by atoms with Gasteiger partial charge in [0.05, 0.1) is 15.6 Å². The van der Waals surface area contributed by atoms with E-state index in [2.05, 4.69) is 15.0 Å². The number of aromatic nitrogens is 3. The van der Waals surface area contributed by atoms with Gasteiger partial charge < -0.3 is 9.72 Å². The van der Waals surface area contributed by atoms with E-state index in [0.29, 0.717) is 22.8 Å². The molecule has 124 valence electrons. The number of hydrogen-bond acceptors (Lipinski definition) is 7. The molecule has 0 aliphatic heterocycles. The van der Waals surface area contributed by atoms with Gasteiger partial charge in [-0.3, -0.25) is 9.59 Å². The van der Waals surface area contributed by atoms with Gasteiger partial charge in [0.15, 0.2) is 5.16 Å². The van der Waals surface area contributed by atoms with E-state index in [-0.39, 0.29) is 24.6 Å². The summed E-state index contributed by atoms with van der Waals surface area (Å²) in [4.78, 5) is 36.1. The predicted octanol–water partition coefficient (Wildman–Crippen LogP) is 2.55. The van der Waals surface area contributed by atoms with Crippen molar-refractivity contribution < 1.29 is 9.53 Å². The second kappa shape index (κ2) is 7.74. The van der Waals surface area contributed by atoms with Gasteiger partial charge in [-0.25, -0.2) is 9.97 Å². The topological polar surface area (TPSA) is 84.9 Å². The number of thiazole rings is 1. The zero-order valence-electron chi connectivity index (χ0n) is 13.6. The van der Waals surface area contributed by atoms with Crippen molar-refractivity contribution in [2.75, 3.05) is 6.26 Å². The molecule has 0 fully saturated rings. The molecular formula is C15H19N3O3S2. The number of aromatic amines is 1. The summed E-state index contributed by atoms with van der Waals surface area (Å²) in [5.41, 5.74) is 1.89. The lowest BCUT2D eigenvalue weighted by atomic mass is 10.1. The van der Waals surface area contributed by atoms with Crippen LogP contribution in [-0.4, -0.2) is 27.2 Å². The molecule has 6 nitrogen and oxygen atoms in total. The molecule has 0 amide bonds. The third kappa shape index (κ3) is 4.65. The number of nitrogens with zero attached hydrogens (tertiary/aromatic N) is 2. The highest BCUT2D eigenvalue weighted by atomic mass is 32.2. The van der Waals surface area contributed by atoms with Crippen LogP contribution < -0.4 is 5.56 Å². The molecule has 0 aliphatic carbocycles. The Balaban J connectivity index is 1.92. The van der Waals surface area contributed by atoms with E-state index in [9.17, 15) is 9.59 Å². The highest BCUT2D eigenvalue weighted by molar-refractivity contribution is 7.98. The van der Waals surface area contributed by atoms with E-state index in [0.717, 1.165) is 15.6 Å². The fourth-order valence-corrected chi connectivity index (χ4v) is 3.40. The molecule has 2 aromatic rings. The molecule has 23 heavy (non-hydrogen) atoms. The quantitative estimate of drug-likeness (QED) is 0.488. The zero-order chi connectivity index (χ0) is 17.0. The largest absolute Gasteiger partial charge is 0.460 e. The average molecular weight is 353 g/mol. The van der Waals surface area contributed by atoms with E-state index in [1.807, 2.05) is 20.1 Å². The summed E-state index contributed by atoms with van der Waals surface area (Å²) in [7, 11) is 0. The molecule has 0 radical (unpaired) electrons. The maximum Gasteiger partial charge on any atom is 0.306 e. The molecule has 0 atom stereocenters. The minimum Gasteiger partial charge on any atom is -0.460 e. The van der Waals surface area contributed by atoms with Crippen molar-refractivity contribution in [1.82, 2.24) is 15.0 Å². The highest BCUT2D eigenvalue weighted by Crippen LogP contribution is 2.18. The van der Waals surface area contributed by atoms with Crippen LogP contribution in [0.4, 0.5) is 0 Å². The number of hydrogen-bond donors (Lipinski definition) is 1. The summed E-state index contributed by atoms with van der Waals surface area (Å²) in [6, 6.07) is 0. The van der Waals surface area contributed by atoms with Crippen LogP contribution in [0.15, 0.2) is 9.95 Å². The van der Waals surface area contributed by atoms with Gasteiger partial charge in [-0.1, -0.05) is 11.8 Å². The van der Waals surface area contributed by atoms with Crippen LogP contribution in [0.5, 0.6) is 0 Å². The molecule has 1 N–H and O–H groups in total. The van der Waals surface area contributed by atoms with Gasteiger partial charge in [-0.2, -0.15) is 0 Å². The summed E-state index contributed by atoms with van der Waals surface area (Å²) in [5, 5.41) is 1.53. The predicted molar refractivity (Wildman–Crippen MR) is 91.1 cm³/mol. The number of esters is 1. The SMILES string of the molecule is CSc1nc(C)c(CCC(=O)OCc2sc(C)nc2C)c(=O)[nH]1. The van der Waals surface area contributed by atoms with Gasteiger partial charge >= 0.3 is 5.97 Å². The fourth-order valence-electron chi connectivity index (χ4n) is 2.13. The van der Waals surface area contributed by atoms with Crippen molar-refractivity contribution in [3.8, 4) is 0 Å². The Hall–Kier alpha value is -1.67. The molecule has 0 bridgehead atoms. The van der Waals surface area contributed by atoms with Crippen molar-refractivity contribution in [2.24, 2.45) is 0 Å². The molecule has 0 aliphatic rings. The summed E-state index contributed by atoms with van der Waals surface area (Å²) in [6.45, 7) is 5.83. The molecule has 0 spiro atoms. The smallest absolute Gasteiger partial charge is 0.306 e. The first-order valence-corrected chi connectivity index (χ1v) is 9.17. The second-order valence-electron chi connectivity index (χ2n) is 5.04. The number of H-pyrrole nitrogens is 1. The number of rotatable bonds is 6.